The molecule has 0 aromatic heterocycles. The maximum Gasteiger partial charge on any atom is 0.365 e. The Bertz CT molecular complexity index is 771. The van der Waals surface area contributed by atoms with Gasteiger partial charge in [0.2, 0.25) is 5.91 Å². The predicted molar refractivity (Wildman–Crippen MR) is 189 cm³/mol. The summed E-state index contributed by atoms with van der Waals surface area (Å²) in [5.41, 5.74) is -0.914. The fourth-order valence-electron chi connectivity index (χ4n) is 6.67. The topological polar surface area (TPSA) is 104 Å². The second-order valence-electron chi connectivity index (χ2n) is 14.5. The van der Waals surface area contributed by atoms with Crippen molar-refractivity contribution in [3.63, 3.8) is 0 Å². The van der Waals surface area contributed by atoms with Crippen LogP contribution in [-0.4, -0.2) is 64.3 Å². The maximum atomic E-state index is 12.8. The average molecular weight is 640 g/mol. The summed E-state index contributed by atoms with van der Waals surface area (Å²) in [7, 11) is 4.06. The van der Waals surface area contributed by atoms with Crippen LogP contribution in [0, 0.1) is 0 Å². The Kier molecular flexibility index (Phi) is 25.5. The lowest BCUT2D eigenvalue weighted by Gasteiger charge is -2.50. The van der Waals surface area contributed by atoms with E-state index in [1.807, 2.05) is 21.0 Å². The first-order chi connectivity index (χ1) is 21.4. The van der Waals surface area contributed by atoms with Crippen LogP contribution in [0.5, 0.6) is 0 Å². The van der Waals surface area contributed by atoms with Crippen LogP contribution in [0.25, 0.3) is 0 Å². The maximum absolute atomic E-state index is 12.8. The summed E-state index contributed by atoms with van der Waals surface area (Å²) in [6.07, 6.45) is 28.1. The van der Waals surface area contributed by atoms with Crippen molar-refractivity contribution >= 4 is 17.8 Å². The van der Waals surface area contributed by atoms with Crippen molar-refractivity contribution in [2.45, 2.75) is 212 Å². The lowest BCUT2D eigenvalue weighted by atomic mass is 9.86. The number of nitrogens with one attached hydrogen (secondary N) is 1. The van der Waals surface area contributed by atoms with Crippen molar-refractivity contribution in [2.75, 3.05) is 14.1 Å². The van der Waals surface area contributed by atoms with E-state index in [0.717, 1.165) is 57.8 Å². The summed E-state index contributed by atoms with van der Waals surface area (Å²) in [6.45, 7) is 8.33. The molecule has 3 atom stereocenters. The molecule has 0 radical (unpaired) electrons. The number of carboxylic acid groups (broad SMARTS) is 2. The Balaban J connectivity index is 4.39. The third-order valence-corrected chi connectivity index (χ3v) is 10.7. The Morgan fingerprint density at radius 1 is 0.622 bits per heavy atom. The first kappa shape index (κ1) is 43.4. The molecule has 0 saturated carbocycles. The number of rotatable bonds is 32. The van der Waals surface area contributed by atoms with Gasteiger partial charge in [0.15, 0.2) is 5.54 Å². The number of aliphatic carboxylic acids is 2. The summed E-state index contributed by atoms with van der Waals surface area (Å²) < 4.78 is 0.346. The average Bonchev–Trinajstić information content (AvgIpc) is 3.00. The first-order valence-corrected chi connectivity index (χ1v) is 19.0. The monoisotopic (exact) mass is 640 g/mol. The number of carbonyl (C=O) groups is 3. The molecule has 0 aliphatic heterocycles. The highest BCUT2D eigenvalue weighted by Crippen LogP contribution is 2.32. The zero-order valence-corrected chi connectivity index (χ0v) is 30.6. The summed E-state index contributed by atoms with van der Waals surface area (Å²) >= 11 is 0. The van der Waals surface area contributed by atoms with E-state index in [9.17, 15) is 19.5 Å². The number of hydrogen-bond donors (Lipinski definition) is 3. The minimum absolute atomic E-state index is 0.0205. The predicted octanol–water partition coefficient (Wildman–Crippen LogP) is 10.0. The molecular weight excluding hydrogens is 564 g/mol. The SMILES string of the molecule is CCCCCCCCCCCC(=O)NC(CC)C(C)[N+](C)(C)C(C)(CCCCCCCCCCCCCCCC(=O)O)C(=O)O. The highest BCUT2D eigenvalue weighted by Gasteiger charge is 2.52. The van der Waals surface area contributed by atoms with E-state index in [1.54, 1.807) is 0 Å². The van der Waals surface area contributed by atoms with E-state index >= 15 is 0 Å². The van der Waals surface area contributed by atoms with E-state index in [2.05, 4.69) is 26.1 Å². The molecule has 3 unspecified atom stereocenters. The second kappa shape index (κ2) is 26.4. The van der Waals surface area contributed by atoms with Gasteiger partial charge in [0, 0.05) is 26.2 Å². The molecule has 0 bridgehead atoms. The molecule has 266 valence electrons. The molecule has 0 heterocycles. The third kappa shape index (κ3) is 19.6. The Morgan fingerprint density at radius 2 is 1.00 bits per heavy atom. The number of nitrogens with zero attached hydrogens (tertiary/aromatic N) is 1. The van der Waals surface area contributed by atoms with Gasteiger partial charge in [0.25, 0.3) is 0 Å². The molecular formula is C38H75N2O5+. The minimum Gasteiger partial charge on any atom is -0.481 e. The van der Waals surface area contributed by atoms with Crippen LogP contribution in [0.15, 0.2) is 0 Å². The van der Waals surface area contributed by atoms with E-state index in [4.69, 9.17) is 5.11 Å². The summed E-state index contributed by atoms with van der Waals surface area (Å²) in [6, 6.07) is -0.0745. The van der Waals surface area contributed by atoms with Crippen LogP contribution < -0.4 is 5.32 Å². The van der Waals surface area contributed by atoms with Crippen LogP contribution in [0.1, 0.15) is 195 Å². The minimum atomic E-state index is -0.914. The van der Waals surface area contributed by atoms with Gasteiger partial charge in [0.05, 0.1) is 20.1 Å². The van der Waals surface area contributed by atoms with Crippen LogP contribution in [-0.2, 0) is 14.4 Å². The Morgan fingerprint density at radius 3 is 1.38 bits per heavy atom. The van der Waals surface area contributed by atoms with Crippen molar-refractivity contribution < 1.29 is 29.1 Å². The van der Waals surface area contributed by atoms with Gasteiger partial charge >= 0.3 is 11.9 Å². The first-order valence-electron chi connectivity index (χ1n) is 19.0. The molecule has 0 spiro atoms. The lowest BCUT2D eigenvalue weighted by Crippen LogP contribution is -2.70. The fraction of sp³-hybridized carbons (Fsp3) is 0.921. The van der Waals surface area contributed by atoms with Crippen molar-refractivity contribution in [3.8, 4) is 0 Å². The zero-order valence-electron chi connectivity index (χ0n) is 30.6. The van der Waals surface area contributed by atoms with Crippen molar-refractivity contribution in [1.29, 1.82) is 0 Å². The standard InChI is InChI=1S/C38H74N2O5/c1-7-9-10-11-12-18-21-24-27-30-35(41)39-34(8-2)33(3)40(5,6)38(4,37(44)45)32-29-26-23-20-17-15-13-14-16-19-22-25-28-31-36(42)43/h33-34H,7-32H2,1-6H3,(H2-,39,41,42,43,44,45)/p+1. The van der Waals surface area contributed by atoms with Gasteiger partial charge in [0.1, 0.15) is 6.04 Å². The number of carbonyl (C=O) groups excluding carboxylic acids is 1. The summed E-state index contributed by atoms with van der Waals surface area (Å²) in [5, 5.41) is 22.3. The van der Waals surface area contributed by atoms with Crippen molar-refractivity contribution in [3.05, 3.63) is 0 Å². The summed E-state index contributed by atoms with van der Waals surface area (Å²) in [5.74, 6) is -1.34. The van der Waals surface area contributed by atoms with Gasteiger partial charge in [-0.2, -0.15) is 0 Å². The molecule has 0 rings (SSSR count). The number of likely N-dealkylation sites (N-methyl/N-ethyl adjacent to an activating group) is 1. The molecule has 0 saturated heterocycles. The van der Waals surface area contributed by atoms with Crippen molar-refractivity contribution in [2.24, 2.45) is 0 Å². The highest BCUT2D eigenvalue weighted by atomic mass is 16.4. The molecule has 45 heavy (non-hydrogen) atoms. The van der Waals surface area contributed by atoms with E-state index < -0.39 is 17.5 Å². The fourth-order valence-corrected chi connectivity index (χ4v) is 6.67. The normalized spacial score (nSPS) is 14.5. The molecule has 0 aromatic carbocycles. The number of amides is 1. The molecule has 3 N–H and O–H groups in total. The van der Waals surface area contributed by atoms with Gasteiger partial charge in [-0.05, 0) is 32.6 Å². The van der Waals surface area contributed by atoms with Crippen LogP contribution in [0.4, 0.5) is 0 Å². The molecule has 0 aliphatic carbocycles. The molecule has 1 amide bonds. The Labute approximate surface area is 278 Å². The Hall–Kier alpha value is -1.63. The van der Waals surface area contributed by atoms with Gasteiger partial charge in [-0.25, -0.2) is 4.79 Å². The van der Waals surface area contributed by atoms with Gasteiger partial charge in [-0.15, -0.1) is 0 Å². The van der Waals surface area contributed by atoms with Crippen molar-refractivity contribution in [1.82, 2.24) is 5.32 Å². The quantitative estimate of drug-likeness (QED) is 0.0502. The number of hydrogen-bond acceptors (Lipinski definition) is 3. The smallest absolute Gasteiger partial charge is 0.365 e. The second-order valence-corrected chi connectivity index (χ2v) is 14.5. The van der Waals surface area contributed by atoms with Gasteiger partial charge in [-0.3, -0.25) is 9.59 Å². The molecule has 7 heteroatoms. The van der Waals surface area contributed by atoms with E-state index in [1.165, 1.54) is 89.9 Å². The molecule has 0 aliphatic rings. The van der Waals surface area contributed by atoms with E-state index in [-0.39, 0.29) is 18.0 Å². The van der Waals surface area contributed by atoms with Gasteiger partial charge < -0.3 is 20.0 Å². The zero-order chi connectivity index (χ0) is 34.0. The molecule has 0 aromatic rings. The van der Waals surface area contributed by atoms with Crippen LogP contribution in [0.3, 0.4) is 0 Å². The number of quaternary nitrogens is 1. The van der Waals surface area contributed by atoms with E-state index in [0.29, 0.717) is 23.7 Å². The number of unbranched alkanes of at least 4 members (excludes halogenated alkanes) is 20. The lowest BCUT2D eigenvalue weighted by molar-refractivity contribution is -0.953. The largest absolute Gasteiger partial charge is 0.481 e. The van der Waals surface area contributed by atoms with Crippen LogP contribution >= 0.6 is 0 Å². The number of carboxylic acids is 2. The molecule has 7 nitrogen and oxygen atoms in total. The van der Waals surface area contributed by atoms with Crippen LogP contribution in [0.2, 0.25) is 0 Å². The summed E-state index contributed by atoms with van der Waals surface area (Å²) in [4.78, 5) is 36.0. The third-order valence-electron chi connectivity index (χ3n) is 10.7. The molecule has 0 fully saturated rings. The highest BCUT2D eigenvalue weighted by molar-refractivity contribution is 5.77. The van der Waals surface area contributed by atoms with Gasteiger partial charge in [-0.1, -0.05) is 136 Å².